The van der Waals surface area contributed by atoms with E-state index in [2.05, 4.69) is 12.2 Å². The van der Waals surface area contributed by atoms with Crippen molar-refractivity contribution in [2.24, 2.45) is 11.1 Å². The summed E-state index contributed by atoms with van der Waals surface area (Å²) in [6.45, 7) is 3.69. The summed E-state index contributed by atoms with van der Waals surface area (Å²) in [5.74, 6) is 0.660. The molecule has 0 aromatic heterocycles. The lowest BCUT2D eigenvalue weighted by Gasteiger charge is -2.30. The maximum atomic E-state index is 12.0. The van der Waals surface area contributed by atoms with Gasteiger partial charge in [0.25, 0.3) is 0 Å². The number of rotatable bonds is 2. The minimum absolute atomic E-state index is 0.0299. The second-order valence-electron chi connectivity index (χ2n) is 5.17. The van der Waals surface area contributed by atoms with Gasteiger partial charge in [0.1, 0.15) is 0 Å². The summed E-state index contributed by atoms with van der Waals surface area (Å²) in [7, 11) is -3.70. The second-order valence-corrected chi connectivity index (χ2v) is 6.73. The number of amides is 2. The summed E-state index contributed by atoms with van der Waals surface area (Å²) in [5.41, 5.74) is 0.557. The average molecular weight is 297 g/mol. The van der Waals surface area contributed by atoms with Crippen LogP contribution in [0.1, 0.15) is 19.8 Å². The van der Waals surface area contributed by atoms with Gasteiger partial charge in [-0.1, -0.05) is 6.92 Å². The van der Waals surface area contributed by atoms with E-state index in [1.165, 1.54) is 24.3 Å². The summed E-state index contributed by atoms with van der Waals surface area (Å²) in [5, 5.41) is 7.77. The molecule has 6 nitrogen and oxygen atoms in total. The van der Waals surface area contributed by atoms with E-state index in [0.717, 1.165) is 25.9 Å². The highest BCUT2D eigenvalue weighted by Gasteiger charge is 2.20. The molecule has 2 rings (SSSR count). The first kappa shape index (κ1) is 14.8. The molecule has 0 radical (unpaired) electrons. The molecule has 110 valence electrons. The number of piperidine rings is 1. The molecule has 1 heterocycles. The van der Waals surface area contributed by atoms with Gasteiger partial charge in [0, 0.05) is 18.8 Å². The zero-order valence-electron chi connectivity index (χ0n) is 11.4. The maximum absolute atomic E-state index is 12.0. The van der Waals surface area contributed by atoms with Crippen LogP contribution in [0.5, 0.6) is 0 Å². The van der Waals surface area contributed by atoms with Gasteiger partial charge in [0.05, 0.1) is 4.90 Å². The Morgan fingerprint density at radius 3 is 2.30 bits per heavy atom. The van der Waals surface area contributed by atoms with Gasteiger partial charge in [-0.05, 0) is 43.0 Å². The maximum Gasteiger partial charge on any atom is 0.321 e. The number of carbonyl (C=O) groups excluding carboxylic acids is 1. The van der Waals surface area contributed by atoms with Gasteiger partial charge in [-0.15, -0.1) is 0 Å². The van der Waals surface area contributed by atoms with E-state index in [0.29, 0.717) is 11.6 Å². The van der Waals surface area contributed by atoms with Crippen LogP contribution < -0.4 is 10.5 Å². The number of hydrogen-bond donors (Lipinski definition) is 2. The van der Waals surface area contributed by atoms with Crippen LogP contribution in [0, 0.1) is 5.92 Å². The molecule has 0 atom stereocenters. The van der Waals surface area contributed by atoms with E-state index in [9.17, 15) is 13.2 Å². The molecule has 1 saturated heterocycles. The number of urea groups is 1. The van der Waals surface area contributed by atoms with Crippen LogP contribution in [-0.2, 0) is 10.0 Å². The van der Waals surface area contributed by atoms with Crippen LogP contribution >= 0.6 is 0 Å². The first-order valence-corrected chi connectivity index (χ1v) is 8.09. The topological polar surface area (TPSA) is 92.5 Å². The Kier molecular flexibility index (Phi) is 4.29. The molecule has 3 N–H and O–H groups in total. The van der Waals surface area contributed by atoms with Crippen molar-refractivity contribution in [2.45, 2.75) is 24.7 Å². The number of primary sulfonamides is 1. The van der Waals surface area contributed by atoms with Crippen molar-refractivity contribution in [3.63, 3.8) is 0 Å². The quantitative estimate of drug-likeness (QED) is 0.868. The number of hydrogen-bond acceptors (Lipinski definition) is 3. The van der Waals surface area contributed by atoms with Gasteiger partial charge in [-0.25, -0.2) is 18.4 Å². The minimum atomic E-state index is -3.70. The molecule has 1 aliphatic rings. The normalized spacial score (nSPS) is 17.0. The monoisotopic (exact) mass is 297 g/mol. The van der Waals surface area contributed by atoms with E-state index in [1.807, 2.05) is 0 Å². The lowest BCUT2D eigenvalue weighted by molar-refractivity contribution is 0.186. The van der Waals surface area contributed by atoms with Crippen LogP contribution in [0.2, 0.25) is 0 Å². The van der Waals surface area contributed by atoms with E-state index in [4.69, 9.17) is 5.14 Å². The van der Waals surface area contributed by atoms with Crippen molar-refractivity contribution in [2.75, 3.05) is 18.4 Å². The molecule has 0 spiro atoms. The van der Waals surface area contributed by atoms with Crippen molar-refractivity contribution >= 4 is 21.7 Å². The largest absolute Gasteiger partial charge is 0.325 e. The SMILES string of the molecule is CC1CCN(C(=O)Nc2ccc(S(N)(=O)=O)cc2)CC1. The summed E-state index contributed by atoms with van der Waals surface area (Å²) < 4.78 is 22.3. The third-order valence-corrected chi connectivity index (χ3v) is 4.43. The highest BCUT2D eigenvalue weighted by molar-refractivity contribution is 7.89. The molecule has 1 aliphatic heterocycles. The number of anilines is 1. The Morgan fingerprint density at radius 2 is 1.80 bits per heavy atom. The zero-order chi connectivity index (χ0) is 14.8. The molecule has 1 aromatic rings. The Hall–Kier alpha value is -1.60. The lowest BCUT2D eigenvalue weighted by atomic mass is 10.00. The summed E-state index contributed by atoms with van der Waals surface area (Å²) in [6.07, 6.45) is 2.02. The third kappa shape index (κ3) is 3.71. The smallest absolute Gasteiger partial charge is 0.321 e. The number of sulfonamides is 1. The van der Waals surface area contributed by atoms with Crippen LogP contribution in [0.25, 0.3) is 0 Å². The molecular formula is C13H19N3O3S. The summed E-state index contributed by atoms with van der Waals surface area (Å²) in [6, 6.07) is 5.67. The van der Waals surface area contributed by atoms with E-state index in [1.54, 1.807) is 4.90 Å². The van der Waals surface area contributed by atoms with Crippen molar-refractivity contribution < 1.29 is 13.2 Å². The average Bonchev–Trinajstić information content (AvgIpc) is 2.39. The van der Waals surface area contributed by atoms with Crippen molar-refractivity contribution in [3.8, 4) is 0 Å². The number of likely N-dealkylation sites (tertiary alicyclic amines) is 1. The van der Waals surface area contributed by atoms with Crippen LogP contribution in [0.15, 0.2) is 29.2 Å². The van der Waals surface area contributed by atoms with Crippen LogP contribution in [0.4, 0.5) is 10.5 Å². The fourth-order valence-electron chi connectivity index (χ4n) is 2.14. The standard InChI is InChI=1S/C13H19N3O3S/c1-10-6-8-16(9-7-10)13(17)15-11-2-4-12(5-3-11)20(14,18)19/h2-5,10H,6-9H2,1H3,(H,15,17)(H2,14,18,19). The van der Waals surface area contributed by atoms with E-state index in [-0.39, 0.29) is 10.9 Å². The first-order valence-electron chi connectivity index (χ1n) is 6.55. The van der Waals surface area contributed by atoms with Crippen molar-refractivity contribution in [1.29, 1.82) is 0 Å². The Morgan fingerprint density at radius 1 is 1.25 bits per heavy atom. The zero-order valence-corrected chi connectivity index (χ0v) is 12.2. The molecule has 0 unspecified atom stereocenters. The van der Waals surface area contributed by atoms with Gasteiger partial charge in [-0.3, -0.25) is 0 Å². The van der Waals surface area contributed by atoms with Gasteiger partial charge >= 0.3 is 6.03 Å². The van der Waals surface area contributed by atoms with E-state index < -0.39 is 10.0 Å². The molecule has 0 saturated carbocycles. The number of nitrogens with two attached hydrogens (primary N) is 1. The highest BCUT2D eigenvalue weighted by Crippen LogP contribution is 2.18. The molecule has 0 bridgehead atoms. The van der Waals surface area contributed by atoms with Gasteiger partial charge in [0.15, 0.2) is 0 Å². The number of nitrogens with zero attached hydrogens (tertiary/aromatic N) is 1. The lowest BCUT2D eigenvalue weighted by Crippen LogP contribution is -2.40. The minimum Gasteiger partial charge on any atom is -0.325 e. The predicted molar refractivity (Wildman–Crippen MR) is 76.8 cm³/mol. The third-order valence-electron chi connectivity index (χ3n) is 3.50. The van der Waals surface area contributed by atoms with Crippen LogP contribution in [0.3, 0.4) is 0 Å². The Labute approximate surface area is 119 Å². The molecule has 2 amide bonds. The number of carbonyl (C=O) groups is 1. The fourth-order valence-corrected chi connectivity index (χ4v) is 2.66. The molecular weight excluding hydrogens is 278 g/mol. The Balaban J connectivity index is 1.98. The number of benzene rings is 1. The number of nitrogens with one attached hydrogen (secondary N) is 1. The fraction of sp³-hybridized carbons (Fsp3) is 0.462. The van der Waals surface area contributed by atoms with Gasteiger partial charge in [0.2, 0.25) is 10.0 Å². The summed E-state index contributed by atoms with van der Waals surface area (Å²) >= 11 is 0. The predicted octanol–water partition coefficient (Wildman–Crippen LogP) is 1.60. The molecule has 20 heavy (non-hydrogen) atoms. The molecule has 1 fully saturated rings. The van der Waals surface area contributed by atoms with Gasteiger partial charge < -0.3 is 10.2 Å². The van der Waals surface area contributed by atoms with Crippen LogP contribution in [-0.4, -0.2) is 32.4 Å². The molecule has 0 aliphatic carbocycles. The summed E-state index contributed by atoms with van der Waals surface area (Å²) in [4.78, 5) is 13.8. The molecule has 1 aromatic carbocycles. The first-order chi connectivity index (χ1) is 9.36. The van der Waals surface area contributed by atoms with Gasteiger partial charge in [-0.2, -0.15) is 0 Å². The Bertz CT molecular complexity index is 575. The molecule has 7 heteroatoms. The highest BCUT2D eigenvalue weighted by atomic mass is 32.2. The second kappa shape index (κ2) is 5.80. The van der Waals surface area contributed by atoms with Crippen molar-refractivity contribution in [3.05, 3.63) is 24.3 Å². The van der Waals surface area contributed by atoms with E-state index >= 15 is 0 Å². The van der Waals surface area contributed by atoms with Crippen molar-refractivity contribution in [1.82, 2.24) is 4.90 Å².